The third kappa shape index (κ3) is 12.2. The van der Waals surface area contributed by atoms with Gasteiger partial charge in [-0.05, 0) is 76.6 Å². The van der Waals surface area contributed by atoms with Crippen LogP contribution in [0, 0.1) is 46.8 Å². The normalized spacial score (nSPS) is 38.2. The van der Waals surface area contributed by atoms with Crippen LogP contribution in [0.2, 0.25) is 0 Å². The van der Waals surface area contributed by atoms with Gasteiger partial charge in [0.25, 0.3) is 45.7 Å². The molecular formula is C40H52F4N8O20S4. The Morgan fingerprint density at radius 1 is 0.474 bits per heavy atom. The number of nitrogens with one attached hydrogen (secondary N) is 4. The molecule has 0 saturated carbocycles. The minimum Gasteiger partial charge on any atom is -0.390 e. The van der Waals surface area contributed by atoms with Crippen LogP contribution in [0.4, 0.5) is 17.6 Å². The Kier molecular flexibility index (Phi) is 16.8. The summed E-state index contributed by atoms with van der Waals surface area (Å²) >= 11 is 19.4. The van der Waals surface area contributed by atoms with E-state index >= 15 is 0 Å². The molecule has 0 spiro atoms. The molecule has 28 nitrogen and oxygen atoms in total. The summed E-state index contributed by atoms with van der Waals surface area (Å²) < 4.78 is 122. The highest BCUT2D eigenvalue weighted by Gasteiger charge is 2.58. The number of aromatic amines is 4. The Balaban J connectivity index is 0.000000201. The minimum absolute atomic E-state index is 0.0499. The molecule has 16 N–H and O–H groups in total. The molecule has 8 heterocycles. The summed E-state index contributed by atoms with van der Waals surface area (Å²) in [6, 6.07) is 0. The average molecular weight is 1180 g/mol. The zero-order chi connectivity index (χ0) is 62.9. The van der Waals surface area contributed by atoms with Crippen LogP contribution in [0.3, 0.4) is 0 Å². The van der Waals surface area contributed by atoms with E-state index in [-0.39, 0.29) is 36.6 Å². The van der Waals surface area contributed by atoms with Crippen LogP contribution >= 0.6 is 48.9 Å². The zero-order valence-corrected chi connectivity index (χ0v) is 42.3. The molecule has 36 heteroatoms. The fourth-order valence-corrected chi connectivity index (χ4v) is 7.96. The van der Waals surface area contributed by atoms with E-state index in [2.05, 4.69) is 29.4 Å². The maximum absolute atomic E-state index is 14.5. The number of aliphatic hydroxyl groups excluding tert-OH is 10. The van der Waals surface area contributed by atoms with Gasteiger partial charge in [0.1, 0.15) is 75.2 Å². The maximum atomic E-state index is 14.5. The Hall–Kier alpha value is -4.52. The predicted molar refractivity (Wildman–Crippen MR) is 255 cm³/mol. The van der Waals surface area contributed by atoms with Crippen LogP contribution in [-0.4, -0.2) is 198 Å². The van der Waals surface area contributed by atoms with Gasteiger partial charge in [-0.15, -0.1) is 0 Å². The van der Waals surface area contributed by atoms with Gasteiger partial charge in [0.05, 0.1) is 8.22 Å². The molecule has 0 aliphatic carbocycles. The maximum Gasteiger partial charge on any atom is 0.263 e. The van der Waals surface area contributed by atoms with Gasteiger partial charge < -0.3 is 80.2 Å². The number of halogens is 4. The molecule has 4 fully saturated rings. The molecule has 4 aromatic heterocycles. The van der Waals surface area contributed by atoms with Crippen molar-refractivity contribution < 1.29 is 106 Å². The summed E-state index contributed by atoms with van der Waals surface area (Å²) in [5.74, 6) is -13.1. The molecule has 16 atom stereocenters. The Labute approximate surface area is 450 Å². The van der Waals surface area contributed by atoms with Crippen LogP contribution < -0.4 is 22.2 Å². The highest BCUT2D eigenvalue weighted by molar-refractivity contribution is 7.71. The van der Waals surface area contributed by atoms with E-state index < -0.39 is 150 Å². The standard InChI is InChI=1S/4C10H13FN2O5S/c4*1-4-2-13(9(19)12-7(4)17)8-5(15)6(16)10(11,3-14)18-8/h4*2,5-6,8,14-16H,3H2,1H3,(H,12,17,19)/t4*5-,6+,8-,10-/m1111/s1/i3D2,8D;8D;3D2;. The molecular weight excluding hydrogens is 1120 g/mol. The summed E-state index contributed by atoms with van der Waals surface area (Å²) in [5.41, 5.74) is -1.34. The number of rotatable bonds is 8. The predicted octanol–water partition coefficient (Wildman–Crippen LogP) is -3.51. The number of hydrogen-bond donors (Lipinski definition) is 16. The topological polar surface area (TPSA) is 431 Å². The van der Waals surface area contributed by atoms with Crippen molar-refractivity contribution in [3.05, 3.63) is 108 Å². The summed E-state index contributed by atoms with van der Waals surface area (Å²) in [7, 11) is 0. The van der Waals surface area contributed by atoms with Gasteiger partial charge in [-0.1, -0.05) is 0 Å². The van der Waals surface area contributed by atoms with Crippen molar-refractivity contribution in [3.63, 3.8) is 0 Å². The summed E-state index contributed by atoms with van der Waals surface area (Å²) in [4.78, 5) is 54.5. The van der Waals surface area contributed by atoms with E-state index in [0.29, 0.717) is 4.57 Å². The molecule has 424 valence electrons. The fourth-order valence-electron chi connectivity index (χ4n) is 6.99. The lowest BCUT2D eigenvalue weighted by Gasteiger charge is -2.20. The number of hydrogen-bond acceptors (Lipinski definition) is 24. The lowest BCUT2D eigenvalue weighted by molar-refractivity contribution is -0.207. The van der Waals surface area contributed by atoms with Crippen molar-refractivity contribution in [1.29, 1.82) is 0 Å². The average Bonchev–Trinajstić information content (AvgIpc) is 3.08. The molecule has 0 unspecified atom stereocenters. The SMILES string of the molecule is Cc1cn([C@@H]2O[C@](F)(CO)[C@@H](O)[C@H]2O)c(=S)[nH]c1=O.[2H]C([2H])(O)[C@@]1(F)O[C@@H](n2cc(C)c(=O)[nH]c2=S)[C@H](O)[C@@H]1O.[2H]C([2H])(O)[C@@]1(F)O[C@@]([2H])(n2cc(C)c(=O)[nH]c2=S)[C@H](O)[C@@H]1O.[2H][C@@]1(n2cc(C)c(=O)[nH]c2=S)O[C@](F)(CO)[C@@H](O)[C@H]1O. The van der Waals surface area contributed by atoms with Crippen molar-refractivity contribution in [2.45, 2.75) is 125 Å². The largest absolute Gasteiger partial charge is 0.390 e. The molecule has 0 bridgehead atoms. The first-order valence-electron chi connectivity index (χ1n) is 24.2. The summed E-state index contributed by atoms with van der Waals surface area (Å²) in [6.07, 6.45) is -20.5. The number of aliphatic hydroxyl groups is 12. The summed E-state index contributed by atoms with van der Waals surface area (Å²) in [5, 5.41) is 114. The fraction of sp³-hybridized carbons (Fsp3) is 0.600. The molecule has 4 aliphatic rings. The highest BCUT2D eigenvalue weighted by Crippen LogP contribution is 2.41. The van der Waals surface area contributed by atoms with Gasteiger partial charge in [0, 0.05) is 47.0 Å². The molecule has 8 rings (SSSR count). The Morgan fingerprint density at radius 2 is 0.711 bits per heavy atom. The van der Waals surface area contributed by atoms with Crippen molar-refractivity contribution in [1.82, 2.24) is 38.2 Å². The lowest BCUT2D eigenvalue weighted by Crippen LogP contribution is -2.42. The molecule has 0 aromatic carbocycles. The van der Waals surface area contributed by atoms with Crippen LogP contribution in [0.25, 0.3) is 0 Å². The van der Waals surface area contributed by atoms with Gasteiger partial charge in [0.15, 0.2) is 43.9 Å². The second-order valence-electron chi connectivity index (χ2n) is 16.8. The van der Waals surface area contributed by atoms with Crippen LogP contribution in [0.5, 0.6) is 0 Å². The number of aryl methyl sites for hydroxylation is 4. The van der Waals surface area contributed by atoms with Crippen LogP contribution in [-0.2, 0) is 18.9 Å². The van der Waals surface area contributed by atoms with Crippen LogP contribution in [0.15, 0.2) is 44.0 Å². The first-order valence-corrected chi connectivity index (χ1v) is 22.8. The first-order chi connectivity index (χ1) is 37.3. The van der Waals surface area contributed by atoms with E-state index in [9.17, 15) is 82.7 Å². The van der Waals surface area contributed by atoms with E-state index in [1.807, 2.05) is 0 Å². The van der Waals surface area contributed by atoms with Crippen molar-refractivity contribution >= 4 is 48.9 Å². The quantitative estimate of drug-likeness (QED) is 0.0601. The molecule has 4 aromatic rings. The third-order valence-electron chi connectivity index (χ3n) is 11.4. The first kappa shape index (κ1) is 53.5. The second-order valence-corrected chi connectivity index (χ2v) is 18.3. The zero-order valence-electron chi connectivity index (χ0n) is 45.1. The highest BCUT2D eigenvalue weighted by atomic mass is 32.1. The van der Waals surface area contributed by atoms with E-state index in [1.165, 1.54) is 40.1 Å². The number of aromatic nitrogens is 8. The molecule has 4 aliphatic heterocycles. The Morgan fingerprint density at radius 3 is 0.987 bits per heavy atom. The van der Waals surface area contributed by atoms with Crippen molar-refractivity contribution in [2.75, 3.05) is 26.3 Å². The van der Waals surface area contributed by atoms with Crippen LogP contribution in [0.1, 0.15) is 55.3 Å². The Bertz CT molecular complexity index is 3560. The van der Waals surface area contributed by atoms with E-state index in [4.69, 9.17) is 81.9 Å². The summed E-state index contributed by atoms with van der Waals surface area (Å²) in [6.45, 7) is -3.93. The number of H-pyrrole nitrogens is 4. The third-order valence-corrected chi connectivity index (χ3v) is 12.6. The number of alkyl halides is 4. The van der Waals surface area contributed by atoms with Gasteiger partial charge in [0.2, 0.25) is 0 Å². The second kappa shape index (κ2) is 23.8. The van der Waals surface area contributed by atoms with Gasteiger partial charge in [-0.3, -0.25) is 57.4 Å². The molecule has 0 amide bonds. The van der Waals surface area contributed by atoms with Crippen molar-refractivity contribution in [2.24, 2.45) is 0 Å². The molecule has 76 heavy (non-hydrogen) atoms. The van der Waals surface area contributed by atoms with E-state index in [0.717, 1.165) is 26.1 Å². The number of nitrogens with zero attached hydrogens (tertiary/aromatic N) is 4. The van der Waals surface area contributed by atoms with Crippen molar-refractivity contribution in [3.8, 4) is 0 Å². The monoisotopic (exact) mass is 1170 g/mol. The number of ether oxygens (including phenoxy) is 4. The smallest absolute Gasteiger partial charge is 0.263 e. The van der Waals surface area contributed by atoms with E-state index in [1.54, 1.807) is 0 Å². The lowest BCUT2D eigenvalue weighted by atomic mass is 10.1. The van der Waals surface area contributed by atoms with Gasteiger partial charge in [-0.2, -0.15) is 0 Å². The molecule has 4 saturated heterocycles. The van der Waals surface area contributed by atoms with Gasteiger partial charge >= 0.3 is 0 Å². The molecule has 0 radical (unpaired) electrons. The van der Waals surface area contributed by atoms with Gasteiger partial charge in [-0.25, -0.2) is 17.6 Å². The minimum atomic E-state index is -3.77.